The van der Waals surface area contributed by atoms with Crippen molar-refractivity contribution in [2.24, 2.45) is 0 Å². The average Bonchev–Trinajstić information content (AvgIpc) is 2.86. The Morgan fingerprint density at radius 2 is 2.24 bits per heavy atom. The van der Waals surface area contributed by atoms with Gasteiger partial charge in [-0.25, -0.2) is 0 Å². The summed E-state index contributed by atoms with van der Waals surface area (Å²) in [5.41, 5.74) is 1.31. The van der Waals surface area contributed by atoms with Crippen LogP contribution < -0.4 is 10.1 Å². The Balaban J connectivity index is 2.22. The van der Waals surface area contributed by atoms with Crippen LogP contribution in [0.4, 0.5) is 14.5 Å². The number of halogens is 4. The maximum Gasteiger partial charge on any atom is 0.387 e. The van der Waals surface area contributed by atoms with E-state index in [-0.39, 0.29) is 5.75 Å². The Bertz CT molecular complexity index is 621. The zero-order valence-corrected chi connectivity index (χ0v) is 13.5. The third kappa shape index (κ3) is 4.07. The molecule has 4 nitrogen and oxygen atoms in total. The quantitative estimate of drug-likeness (QED) is 0.800. The van der Waals surface area contributed by atoms with Gasteiger partial charge in [-0.15, -0.1) is 0 Å². The molecule has 0 unspecified atom stereocenters. The first-order valence-electron chi connectivity index (χ1n) is 6.19. The number of alkyl halides is 2. The molecule has 0 amide bonds. The lowest BCUT2D eigenvalue weighted by Crippen LogP contribution is -2.10. The normalized spacial score (nSPS) is 11.0. The number of rotatable bonds is 6. The van der Waals surface area contributed by atoms with Crippen LogP contribution in [0, 0.1) is 0 Å². The molecule has 1 N–H and O–H groups in total. The van der Waals surface area contributed by atoms with Crippen molar-refractivity contribution >= 4 is 33.2 Å². The van der Waals surface area contributed by atoms with E-state index in [1.807, 2.05) is 13.0 Å². The second-order valence-electron chi connectivity index (χ2n) is 4.13. The predicted octanol–water partition coefficient (Wildman–Crippen LogP) is 4.53. The van der Waals surface area contributed by atoms with Crippen molar-refractivity contribution in [2.45, 2.75) is 26.6 Å². The Labute approximate surface area is 134 Å². The molecule has 0 atom stereocenters. The van der Waals surface area contributed by atoms with E-state index in [1.165, 1.54) is 12.1 Å². The molecule has 0 aliphatic heterocycles. The molecule has 0 saturated heterocycles. The molecule has 0 radical (unpaired) electrons. The minimum absolute atomic E-state index is 0.0250. The Morgan fingerprint density at radius 3 is 2.90 bits per heavy atom. The van der Waals surface area contributed by atoms with E-state index in [1.54, 1.807) is 10.9 Å². The van der Waals surface area contributed by atoms with Crippen molar-refractivity contribution in [3.05, 3.63) is 39.6 Å². The Morgan fingerprint density at radius 1 is 1.48 bits per heavy atom. The molecular formula is C13H13BrClF2N3O. The van der Waals surface area contributed by atoms with Crippen LogP contribution in [0.15, 0.2) is 28.9 Å². The Kier molecular flexibility index (Phi) is 5.41. The fraction of sp³-hybridized carbons (Fsp3) is 0.308. The second-order valence-corrected chi connectivity index (χ2v) is 5.43. The monoisotopic (exact) mass is 379 g/mol. The van der Waals surface area contributed by atoms with Gasteiger partial charge in [0, 0.05) is 17.8 Å². The molecule has 0 saturated carbocycles. The first kappa shape index (κ1) is 16.0. The number of hydrogen-bond donors (Lipinski definition) is 1. The van der Waals surface area contributed by atoms with Crippen LogP contribution in [0.25, 0.3) is 0 Å². The first-order chi connectivity index (χ1) is 10.0. The number of hydrogen-bond acceptors (Lipinski definition) is 3. The Hall–Kier alpha value is -1.34. The second kappa shape index (κ2) is 7.09. The van der Waals surface area contributed by atoms with E-state index in [0.29, 0.717) is 21.7 Å². The fourth-order valence-electron chi connectivity index (χ4n) is 1.88. The van der Waals surface area contributed by atoms with Gasteiger partial charge >= 0.3 is 6.61 Å². The van der Waals surface area contributed by atoms with E-state index < -0.39 is 6.61 Å². The lowest BCUT2D eigenvalue weighted by molar-refractivity contribution is -0.0498. The summed E-state index contributed by atoms with van der Waals surface area (Å²) in [4.78, 5) is 0. The molecule has 2 rings (SSSR count). The van der Waals surface area contributed by atoms with Crippen LogP contribution in [0.5, 0.6) is 5.75 Å². The van der Waals surface area contributed by atoms with E-state index in [0.717, 1.165) is 12.2 Å². The van der Waals surface area contributed by atoms with E-state index in [4.69, 9.17) is 11.6 Å². The van der Waals surface area contributed by atoms with E-state index >= 15 is 0 Å². The predicted molar refractivity (Wildman–Crippen MR) is 81.0 cm³/mol. The standard InChI is InChI=1S/C13H13BrClF2N3O/c1-2-20-9(3-4-19-20)7-18-11-6-8(15)5-10(14)12(11)21-13(16)17/h3-6,13,18H,2,7H2,1H3. The van der Waals surface area contributed by atoms with E-state index in [2.05, 4.69) is 31.1 Å². The van der Waals surface area contributed by atoms with Crippen LogP contribution in [-0.4, -0.2) is 16.4 Å². The van der Waals surface area contributed by atoms with Crippen molar-refractivity contribution in [1.29, 1.82) is 0 Å². The van der Waals surface area contributed by atoms with Crippen molar-refractivity contribution < 1.29 is 13.5 Å². The summed E-state index contributed by atoms with van der Waals surface area (Å²) in [5.74, 6) is 0.0250. The summed E-state index contributed by atoms with van der Waals surface area (Å²) in [5, 5.41) is 7.60. The molecule has 1 aromatic carbocycles. The molecule has 0 spiro atoms. The van der Waals surface area contributed by atoms with Crippen LogP contribution in [-0.2, 0) is 13.1 Å². The number of aromatic nitrogens is 2. The molecule has 1 aromatic heterocycles. The molecule has 0 aliphatic rings. The number of nitrogens with one attached hydrogen (secondary N) is 1. The molecule has 1 heterocycles. The summed E-state index contributed by atoms with van der Waals surface area (Å²) in [6.45, 7) is 0.200. The van der Waals surface area contributed by atoms with E-state index in [9.17, 15) is 8.78 Å². The van der Waals surface area contributed by atoms with Gasteiger partial charge in [-0.2, -0.15) is 13.9 Å². The summed E-state index contributed by atoms with van der Waals surface area (Å²) in [7, 11) is 0. The fourth-order valence-corrected chi connectivity index (χ4v) is 2.78. The van der Waals surface area contributed by atoms with Gasteiger partial charge in [0.05, 0.1) is 22.4 Å². The minimum Gasteiger partial charge on any atom is -0.431 e. The number of nitrogens with zero attached hydrogens (tertiary/aromatic N) is 2. The summed E-state index contributed by atoms with van der Waals surface area (Å²) in [6, 6.07) is 4.89. The van der Waals surface area contributed by atoms with Crippen molar-refractivity contribution in [1.82, 2.24) is 9.78 Å². The first-order valence-corrected chi connectivity index (χ1v) is 7.36. The number of ether oxygens (including phenoxy) is 1. The lowest BCUT2D eigenvalue weighted by atomic mass is 10.3. The van der Waals surface area contributed by atoms with Crippen molar-refractivity contribution in [3.8, 4) is 5.75 Å². The molecule has 0 fully saturated rings. The molecule has 8 heteroatoms. The highest BCUT2D eigenvalue weighted by Gasteiger charge is 2.15. The molecule has 21 heavy (non-hydrogen) atoms. The smallest absolute Gasteiger partial charge is 0.387 e. The van der Waals surface area contributed by atoms with Crippen LogP contribution in [0.1, 0.15) is 12.6 Å². The highest BCUT2D eigenvalue weighted by atomic mass is 79.9. The third-order valence-corrected chi connectivity index (χ3v) is 3.59. The molecule has 114 valence electrons. The summed E-state index contributed by atoms with van der Waals surface area (Å²) < 4.78 is 31.7. The molecular weight excluding hydrogens is 368 g/mol. The van der Waals surface area contributed by atoms with Crippen LogP contribution in [0.2, 0.25) is 5.02 Å². The van der Waals surface area contributed by atoms with Crippen LogP contribution >= 0.6 is 27.5 Å². The highest BCUT2D eigenvalue weighted by molar-refractivity contribution is 9.10. The lowest BCUT2D eigenvalue weighted by Gasteiger charge is -2.15. The number of aryl methyl sites for hydroxylation is 1. The number of anilines is 1. The molecule has 2 aromatic rings. The zero-order valence-electron chi connectivity index (χ0n) is 11.1. The summed E-state index contributed by atoms with van der Waals surface area (Å²) >= 11 is 9.12. The van der Waals surface area contributed by atoms with Gasteiger partial charge in [0.1, 0.15) is 0 Å². The van der Waals surface area contributed by atoms with Crippen molar-refractivity contribution in [3.63, 3.8) is 0 Å². The minimum atomic E-state index is -2.91. The maximum atomic E-state index is 12.5. The average molecular weight is 381 g/mol. The summed E-state index contributed by atoms with van der Waals surface area (Å²) in [6.07, 6.45) is 1.69. The topological polar surface area (TPSA) is 39.1 Å². The van der Waals surface area contributed by atoms with Gasteiger partial charge in [0.25, 0.3) is 0 Å². The van der Waals surface area contributed by atoms with Gasteiger partial charge in [-0.1, -0.05) is 11.6 Å². The van der Waals surface area contributed by atoms with Crippen LogP contribution in [0.3, 0.4) is 0 Å². The van der Waals surface area contributed by atoms with Gasteiger partial charge < -0.3 is 10.1 Å². The maximum absolute atomic E-state index is 12.5. The third-order valence-electron chi connectivity index (χ3n) is 2.78. The molecule has 0 bridgehead atoms. The highest BCUT2D eigenvalue weighted by Crippen LogP contribution is 2.37. The van der Waals surface area contributed by atoms with Crippen molar-refractivity contribution in [2.75, 3.05) is 5.32 Å². The van der Waals surface area contributed by atoms with Gasteiger partial charge in [0.2, 0.25) is 0 Å². The zero-order chi connectivity index (χ0) is 15.4. The molecule has 0 aliphatic carbocycles. The largest absolute Gasteiger partial charge is 0.431 e. The number of benzene rings is 1. The van der Waals surface area contributed by atoms with Gasteiger partial charge in [-0.05, 0) is 41.1 Å². The van der Waals surface area contributed by atoms with Gasteiger partial charge in [-0.3, -0.25) is 4.68 Å². The SMILES string of the molecule is CCn1nccc1CNc1cc(Cl)cc(Br)c1OC(F)F. The van der Waals surface area contributed by atoms with Gasteiger partial charge in [0.15, 0.2) is 5.75 Å².